The molecule has 1 fully saturated rings. The van der Waals surface area contributed by atoms with Gasteiger partial charge in [-0.05, 0) is 25.2 Å². The fourth-order valence-electron chi connectivity index (χ4n) is 2.84. The SMILES string of the molecule is C=O.O=C(O)CCCC(O)C(O)/C=C/C=C\C=C\CC1CCCCC1. The lowest BCUT2D eigenvalue weighted by molar-refractivity contribution is -0.137. The maximum atomic E-state index is 10.4. The Balaban J connectivity index is 0.00000277. The van der Waals surface area contributed by atoms with Crippen molar-refractivity contribution < 1.29 is 24.9 Å². The molecule has 0 saturated heterocycles. The van der Waals surface area contributed by atoms with Crippen molar-refractivity contribution in [2.75, 3.05) is 0 Å². The first-order chi connectivity index (χ1) is 12.1. The molecule has 3 N–H and O–H groups in total. The predicted octanol–water partition coefficient (Wildman–Crippen LogP) is 3.42. The number of rotatable bonds is 10. The zero-order valence-corrected chi connectivity index (χ0v) is 14.9. The molecule has 1 aliphatic rings. The van der Waals surface area contributed by atoms with Gasteiger partial charge < -0.3 is 20.1 Å². The minimum atomic E-state index is -0.959. The highest BCUT2D eigenvalue weighted by Crippen LogP contribution is 2.26. The summed E-state index contributed by atoms with van der Waals surface area (Å²) < 4.78 is 0. The summed E-state index contributed by atoms with van der Waals surface area (Å²) in [4.78, 5) is 18.4. The van der Waals surface area contributed by atoms with Gasteiger partial charge >= 0.3 is 5.97 Å². The van der Waals surface area contributed by atoms with Crippen molar-refractivity contribution in [3.05, 3.63) is 36.5 Å². The van der Waals surface area contributed by atoms with Crippen LogP contribution >= 0.6 is 0 Å². The number of aliphatic hydroxyl groups excluding tert-OH is 2. The highest BCUT2D eigenvalue weighted by Gasteiger charge is 2.13. The summed E-state index contributed by atoms with van der Waals surface area (Å²) >= 11 is 0. The van der Waals surface area contributed by atoms with E-state index in [9.17, 15) is 15.0 Å². The number of allylic oxidation sites excluding steroid dienone is 5. The van der Waals surface area contributed by atoms with E-state index < -0.39 is 18.2 Å². The van der Waals surface area contributed by atoms with Crippen LogP contribution in [-0.2, 0) is 9.59 Å². The van der Waals surface area contributed by atoms with Crippen molar-refractivity contribution in [3.8, 4) is 0 Å². The highest BCUT2D eigenvalue weighted by atomic mass is 16.4. The van der Waals surface area contributed by atoms with E-state index in [2.05, 4.69) is 6.08 Å². The molecular weight excluding hydrogens is 320 g/mol. The van der Waals surface area contributed by atoms with Crippen LogP contribution in [0.25, 0.3) is 0 Å². The van der Waals surface area contributed by atoms with E-state index in [1.165, 1.54) is 38.2 Å². The second-order valence-corrected chi connectivity index (χ2v) is 6.28. The summed E-state index contributed by atoms with van der Waals surface area (Å²) in [5.41, 5.74) is 0. The first-order valence-electron chi connectivity index (χ1n) is 8.96. The Morgan fingerprint density at radius 1 is 1.04 bits per heavy atom. The Kier molecular flexibility index (Phi) is 14.7. The maximum Gasteiger partial charge on any atom is 0.303 e. The van der Waals surface area contributed by atoms with Gasteiger partial charge in [-0.1, -0.05) is 68.6 Å². The Morgan fingerprint density at radius 3 is 2.32 bits per heavy atom. The third-order valence-electron chi connectivity index (χ3n) is 4.26. The standard InChI is InChI=1S/C19H30O4.CH2O/c20-17(18(21)14-9-15-19(22)23)13-8-3-1-2-5-10-16-11-6-4-7-12-16;1-2/h1-3,5,8,13,16-18,20-21H,4,6-7,9-12,14-15H2,(H,22,23);1H2/b3-1-,5-2+,13-8+;. The first-order valence-corrected chi connectivity index (χ1v) is 8.96. The smallest absolute Gasteiger partial charge is 0.303 e. The molecule has 0 spiro atoms. The average Bonchev–Trinajstić information content (AvgIpc) is 2.63. The Morgan fingerprint density at radius 2 is 1.68 bits per heavy atom. The summed E-state index contributed by atoms with van der Waals surface area (Å²) in [5, 5.41) is 27.9. The zero-order chi connectivity index (χ0) is 18.9. The molecule has 5 nitrogen and oxygen atoms in total. The molecule has 0 aliphatic heterocycles. The van der Waals surface area contributed by atoms with Crippen molar-refractivity contribution in [1.82, 2.24) is 0 Å². The fraction of sp³-hybridized carbons (Fsp3) is 0.600. The molecule has 0 aromatic carbocycles. The molecule has 2 unspecified atom stereocenters. The summed E-state index contributed by atoms with van der Waals surface area (Å²) in [6.07, 6.45) is 17.9. The van der Waals surface area contributed by atoms with Gasteiger partial charge in [0.25, 0.3) is 0 Å². The van der Waals surface area contributed by atoms with Crippen molar-refractivity contribution in [2.45, 2.75) is 70.0 Å². The Labute approximate surface area is 150 Å². The summed E-state index contributed by atoms with van der Waals surface area (Å²) in [6, 6.07) is 0. The van der Waals surface area contributed by atoms with E-state index in [4.69, 9.17) is 9.90 Å². The van der Waals surface area contributed by atoms with Crippen LogP contribution in [0, 0.1) is 5.92 Å². The number of carboxylic acids is 1. The van der Waals surface area contributed by atoms with Crippen LogP contribution in [0.15, 0.2) is 36.5 Å². The Hall–Kier alpha value is -1.72. The predicted molar refractivity (Wildman–Crippen MR) is 99.2 cm³/mol. The van der Waals surface area contributed by atoms with Gasteiger partial charge in [-0.3, -0.25) is 4.79 Å². The van der Waals surface area contributed by atoms with Crippen molar-refractivity contribution >= 4 is 12.8 Å². The lowest BCUT2D eigenvalue weighted by Crippen LogP contribution is -2.23. The number of carbonyl (C=O) groups is 2. The number of aliphatic carboxylic acids is 1. The number of hydrogen-bond acceptors (Lipinski definition) is 4. The van der Waals surface area contributed by atoms with Crippen molar-refractivity contribution in [1.29, 1.82) is 0 Å². The Bertz CT molecular complexity index is 422. The highest BCUT2D eigenvalue weighted by molar-refractivity contribution is 5.66. The molecule has 0 aromatic rings. The molecule has 1 aliphatic carbocycles. The molecule has 0 bridgehead atoms. The monoisotopic (exact) mass is 352 g/mol. The largest absolute Gasteiger partial charge is 0.481 e. The third-order valence-corrected chi connectivity index (χ3v) is 4.26. The average molecular weight is 352 g/mol. The second kappa shape index (κ2) is 15.8. The molecule has 1 rings (SSSR count). The molecule has 0 amide bonds. The molecule has 5 heteroatoms. The van der Waals surface area contributed by atoms with Gasteiger partial charge in [-0.2, -0.15) is 0 Å². The molecule has 0 radical (unpaired) electrons. The van der Waals surface area contributed by atoms with E-state index in [1.54, 1.807) is 6.08 Å². The van der Waals surface area contributed by atoms with Gasteiger partial charge in [0.2, 0.25) is 0 Å². The lowest BCUT2D eigenvalue weighted by atomic mass is 9.87. The number of carbonyl (C=O) groups excluding carboxylic acids is 1. The van der Waals surface area contributed by atoms with Crippen LogP contribution in [0.3, 0.4) is 0 Å². The second-order valence-electron chi connectivity index (χ2n) is 6.28. The van der Waals surface area contributed by atoms with Crippen LogP contribution in [0.2, 0.25) is 0 Å². The molecule has 142 valence electrons. The topological polar surface area (TPSA) is 94.8 Å². The number of aliphatic hydroxyl groups is 2. The van der Waals surface area contributed by atoms with Gasteiger partial charge in [0.15, 0.2) is 0 Å². The minimum Gasteiger partial charge on any atom is -0.481 e. The normalized spacial score (nSPS) is 18.3. The molecule has 2 atom stereocenters. The van der Waals surface area contributed by atoms with Crippen LogP contribution in [0.4, 0.5) is 0 Å². The molecule has 0 aromatic heterocycles. The van der Waals surface area contributed by atoms with Crippen LogP contribution in [0.5, 0.6) is 0 Å². The summed E-state index contributed by atoms with van der Waals surface area (Å²) in [5.74, 6) is -0.0445. The van der Waals surface area contributed by atoms with E-state index >= 15 is 0 Å². The zero-order valence-electron chi connectivity index (χ0n) is 14.9. The molecule has 25 heavy (non-hydrogen) atoms. The molecule has 1 saturated carbocycles. The maximum absolute atomic E-state index is 10.4. The van der Waals surface area contributed by atoms with Gasteiger partial charge in [-0.15, -0.1) is 0 Å². The first kappa shape index (κ1) is 23.3. The summed E-state index contributed by atoms with van der Waals surface area (Å²) in [6.45, 7) is 2.00. The van der Waals surface area contributed by atoms with Gasteiger partial charge in [-0.25, -0.2) is 0 Å². The van der Waals surface area contributed by atoms with Gasteiger partial charge in [0.1, 0.15) is 6.79 Å². The quantitative estimate of drug-likeness (QED) is 0.524. The van der Waals surface area contributed by atoms with Gasteiger partial charge in [0.05, 0.1) is 12.2 Å². The van der Waals surface area contributed by atoms with Crippen LogP contribution < -0.4 is 0 Å². The van der Waals surface area contributed by atoms with Crippen LogP contribution in [-0.4, -0.2) is 40.3 Å². The van der Waals surface area contributed by atoms with Gasteiger partial charge in [0, 0.05) is 6.42 Å². The van der Waals surface area contributed by atoms with E-state index in [0.717, 1.165) is 12.3 Å². The van der Waals surface area contributed by atoms with E-state index in [-0.39, 0.29) is 12.8 Å². The van der Waals surface area contributed by atoms with E-state index in [0.29, 0.717) is 6.42 Å². The lowest BCUT2D eigenvalue weighted by Gasteiger charge is -2.19. The van der Waals surface area contributed by atoms with E-state index in [1.807, 2.05) is 25.0 Å². The third kappa shape index (κ3) is 13.3. The van der Waals surface area contributed by atoms with Crippen molar-refractivity contribution in [2.24, 2.45) is 5.92 Å². The van der Waals surface area contributed by atoms with Crippen molar-refractivity contribution in [3.63, 3.8) is 0 Å². The fourth-order valence-corrected chi connectivity index (χ4v) is 2.84. The molecule has 0 heterocycles. The van der Waals surface area contributed by atoms with Crippen LogP contribution in [0.1, 0.15) is 57.8 Å². The number of hydrogen-bond donors (Lipinski definition) is 3. The summed E-state index contributed by atoms with van der Waals surface area (Å²) in [7, 11) is 0. The minimum absolute atomic E-state index is 0.0131. The molecular formula is C20H32O5. The number of carboxylic acid groups (broad SMARTS) is 1.